The largest absolute Gasteiger partial charge is 0.375 e. The van der Waals surface area contributed by atoms with E-state index >= 15 is 0 Å². The molecule has 1 aliphatic carbocycles. The van der Waals surface area contributed by atoms with Gasteiger partial charge in [-0.3, -0.25) is 4.79 Å². The number of hydrogen-bond donors (Lipinski definition) is 0. The number of benzene rings is 1. The van der Waals surface area contributed by atoms with Gasteiger partial charge in [-0.05, 0) is 37.0 Å². The van der Waals surface area contributed by atoms with E-state index in [9.17, 15) is 13.6 Å². The molecule has 2 aromatic rings. The van der Waals surface area contributed by atoms with Crippen molar-refractivity contribution in [3.05, 3.63) is 52.4 Å². The maximum Gasteiger partial charge on any atom is 0.254 e. The fourth-order valence-corrected chi connectivity index (χ4v) is 2.97. The molecule has 132 valence electrons. The zero-order valence-corrected chi connectivity index (χ0v) is 13.6. The maximum atomic E-state index is 13.4. The Kier molecular flexibility index (Phi) is 4.25. The summed E-state index contributed by atoms with van der Waals surface area (Å²) in [6.45, 7) is 1.86. The van der Waals surface area contributed by atoms with Gasteiger partial charge in [-0.25, -0.2) is 8.78 Å². The van der Waals surface area contributed by atoms with Gasteiger partial charge in [0.2, 0.25) is 0 Å². The van der Waals surface area contributed by atoms with Gasteiger partial charge in [-0.2, -0.15) is 0 Å². The lowest BCUT2D eigenvalue weighted by molar-refractivity contribution is 0.0725. The molecule has 1 aliphatic heterocycles. The normalized spacial score (nSPS) is 16.8. The molecule has 0 spiro atoms. The summed E-state index contributed by atoms with van der Waals surface area (Å²) in [6.07, 6.45) is 2.97. The molecule has 2 heterocycles. The number of amides is 1. The Hall–Kier alpha value is -2.28. The molecule has 0 radical (unpaired) electrons. The molecule has 0 saturated heterocycles. The van der Waals surface area contributed by atoms with Crippen LogP contribution in [0.4, 0.5) is 8.78 Å². The van der Waals surface area contributed by atoms with E-state index in [2.05, 4.69) is 5.16 Å². The Morgan fingerprint density at radius 1 is 1.32 bits per heavy atom. The third kappa shape index (κ3) is 3.42. The van der Waals surface area contributed by atoms with Crippen molar-refractivity contribution < 1.29 is 22.8 Å². The van der Waals surface area contributed by atoms with Crippen molar-refractivity contribution in [1.29, 1.82) is 0 Å². The lowest BCUT2D eigenvalue weighted by atomic mass is 10.0. The Balaban J connectivity index is 1.46. The summed E-state index contributed by atoms with van der Waals surface area (Å²) in [5.74, 6) is -0.904. The van der Waals surface area contributed by atoms with Crippen molar-refractivity contribution in [2.75, 3.05) is 13.2 Å². The minimum atomic E-state index is -1.03. The summed E-state index contributed by atoms with van der Waals surface area (Å²) in [4.78, 5) is 14.2. The molecular formula is C18H18F2N2O3. The average Bonchev–Trinajstić information content (AvgIpc) is 3.36. The predicted molar refractivity (Wildman–Crippen MR) is 83.7 cm³/mol. The molecule has 1 saturated carbocycles. The minimum absolute atomic E-state index is 0.130. The molecule has 2 aliphatic rings. The fraction of sp³-hybridized carbons (Fsp3) is 0.444. The standard InChI is InChI=1S/C18H18F2N2O3/c19-14-4-3-12(7-15(14)20)18(23)22-6-5-17-13(8-22)16(21-25-17)10-24-9-11-1-2-11/h3-4,7,11H,1-2,5-6,8-10H2. The van der Waals surface area contributed by atoms with Crippen LogP contribution in [0.5, 0.6) is 0 Å². The van der Waals surface area contributed by atoms with Crippen LogP contribution in [0.25, 0.3) is 0 Å². The fourth-order valence-electron chi connectivity index (χ4n) is 2.97. The Morgan fingerprint density at radius 2 is 2.16 bits per heavy atom. The van der Waals surface area contributed by atoms with Crippen LogP contribution in [0.15, 0.2) is 22.7 Å². The first-order valence-corrected chi connectivity index (χ1v) is 8.40. The lowest BCUT2D eigenvalue weighted by Gasteiger charge is -2.26. The van der Waals surface area contributed by atoms with Gasteiger partial charge >= 0.3 is 0 Å². The third-order valence-electron chi connectivity index (χ3n) is 4.65. The molecule has 5 nitrogen and oxygen atoms in total. The molecule has 0 atom stereocenters. The van der Waals surface area contributed by atoms with Crippen molar-refractivity contribution in [2.45, 2.75) is 32.4 Å². The molecule has 0 unspecified atom stereocenters. The van der Waals surface area contributed by atoms with E-state index in [1.807, 2.05) is 0 Å². The van der Waals surface area contributed by atoms with Crippen molar-refractivity contribution in [1.82, 2.24) is 10.1 Å². The summed E-state index contributed by atoms with van der Waals surface area (Å²) < 4.78 is 37.5. The number of halogens is 2. The maximum absolute atomic E-state index is 13.4. The molecule has 0 N–H and O–H groups in total. The van der Waals surface area contributed by atoms with E-state index in [-0.39, 0.29) is 11.5 Å². The monoisotopic (exact) mass is 348 g/mol. The van der Waals surface area contributed by atoms with Crippen molar-refractivity contribution in [2.24, 2.45) is 5.92 Å². The van der Waals surface area contributed by atoms with Gasteiger partial charge in [-0.15, -0.1) is 0 Å². The molecule has 25 heavy (non-hydrogen) atoms. The quantitative estimate of drug-likeness (QED) is 0.833. The number of rotatable bonds is 5. The number of nitrogens with zero attached hydrogens (tertiary/aromatic N) is 2. The third-order valence-corrected chi connectivity index (χ3v) is 4.65. The topological polar surface area (TPSA) is 55.6 Å². The van der Waals surface area contributed by atoms with Gasteiger partial charge in [0.05, 0.1) is 13.2 Å². The van der Waals surface area contributed by atoms with Crippen LogP contribution in [0.1, 0.15) is 40.2 Å². The summed E-state index contributed by atoms with van der Waals surface area (Å²) in [5.41, 5.74) is 1.70. The van der Waals surface area contributed by atoms with E-state index in [0.29, 0.717) is 37.7 Å². The van der Waals surface area contributed by atoms with Gasteiger partial charge in [0, 0.05) is 30.7 Å². The van der Waals surface area contributed by atoms with Crippen LogP contribution in [0, 0.1) is 17.6 Å². The van der Waals surface area contributed by atoms with Crippen LogP contribution in [0.2, 0.25) is 0 Å². The number of carbonyl (C=O) groups excluding carboxylic acids is 1. The number of aromatic nitrogens is 1. The second-order valence-electron chi connectivity index (χ2n) is 6.60. The van der Waals surface area contributed by atoms with Crippen LogP contribution >= 0.6 is 0 Å². The second-order valence-corrected chi connectivity index (χ2v) is 6.60. The molecular weight excluding hydrogens is 330 g/mol. The van der Waals surface area contributed by atoms with Crippen LogP contribution in [-0.2, 0) is 24.3 Å². The molecule has 1 amide bonds. The molecule has 1 aromatic carbocycles. The van der Waals surface area contributed by atoms with Crippen molar-refractivity contribution in [3.8, 4) is 0 Å². The highest BCUT2D eigenvalue weighted by atomic mass is 19.2. The van der Waals surface area contributed by atoms with E-state index < -0.39 is 11.6 Å². The van der Waals surface area contributed by atoms with Gasteiger partial charge in [0.25, 0.3) is 5.91 Å². The summed E-state index contributed by atoms with van der Waals surface area (Å²) >= 11 is 0. The number of hydrogen-bond acceptors (Lipinski definition) is 4. The zero-order chi connectivity index (χ0) is 17.4. The molecule has 4 rings (SSSR count). The highest BCUT2D eigenvalue weighted by Crippen LogP contribution is 2.30. The number of carbonyl (C=O) groups is 1. The lowest BCUT2D eigenvalue weighted by Crippen LogP contribution is -2.36. The number of fused-ring (bicyclic) bond motifs is 1. The minimum Gasteiger partial charge on any atom is -0.375 e. The molecule has 7 heteroatoms. The average molecular weight is 348 g/mol. The molecule has 0 bridgehead atoms. The van der Waals surface area contributed by atoms with Gasteiger partial charge < -0.3 is 14.2 Å². The smallest absolute Gasteiger partial charge is 0.254 e. The van der Waals surface area contributed by atoms with Crippen molar-refractivity contribution >= 4 is 5.91 Å². The van der Waals surface area contributed by atoms with Crippen LogP contribution in [0.3, 0.4) is 0 Å². The zero-order valence-electron chi connectivity index (χ0n) is 13.6. The van der Waals surface area contributed by atoms with Gasteiger partial charge in [0.1, 0.15) is 11.5 Å². The summed E-state index contributed by atoms with van der Waals surface area (Å²) in [6, 6.07) is 3.19. The second kappa shape index (κ2) is 6.55. The predicted octanol–water partition coefficient (Wildman–Crippen LogP) is 3.08. The van der Waals surface area contributed by atoms with E-state index in [1.165, 1.54) is 18.9 Å². The van der Waals surface area contributed by atoms with Crippen LogP contribution < -0.4 is 0 Å². The van der Waals surface area contributed by atoms with Gasteiger partial charge in [-0.1, -0.05) is 5.16 Å². The highest BCUT2D eigenvalue weighted by Gasteiger charge is 2.28. The van der Waals surface area contributed by atoms with E-state index in [1.54, 1.807) is 4.90 Å². The first-order chi connectivity index (χ1) is 12.1. The van der Waals surface area contributed by atoms with Crippen molar-refractivity contribution in [3.63, 3.8) is 0 Å². The van der Waals surface area contributed by atoms with E-state index in [4.69, 9.17) is 9.26 Å². The Morgan fingerprint density at radius 3 is 2.92 bits per heavy atom. The molecule has 1 fully saturated rings. The summed E-state index contributed by atoms with van der Waals surface area (Å²) in [7, 11) is 0. The van der Waals surface area contributed by atoms with Gasteiger partial charge in [0.15, 0.2) is 11.6 Å². The molecule has 1 aromatic heterocycles. The summed E-state index contributed by atoms with van der Waals surface area (Å²) in [5, 5.41) is 4.06. The number of ether oxygens (including phenoxy) is 1. The van der Waals surface area contributed by atoms with Crippen LogP contribution in [-0.4, -0.2) is 29.1 Å². The van der Waals surface area contributed by atoms with E-state index in [0.717, 1.165) is 30.1 Å². The highest BCUT2D eigenvalue weighted by molar-refractivity contribution is 5.94. The Bertz CT molecular complexity index is 802. The SMILES string of the molecule is O=C(c1ccc(F)c(F)c1)N1CCc2onc(COCC3CC3)c2C1. The Labute approximate surface area is 143 Å². The first kappa shape index (κ1) is 16.2. The first-order valence-electron chi connectivity index (χ1n) is 8.40.